The third kappa shape index (κ3) is 4.17. The maximum atomic E-state index is 12.4. The van der Waals surface area contributed by atoms with Crippen LogP contribution in [-0.2, 0) is 11.2 Å². The molecule has 1 N–H and O–H groups in total. The lowest BCUT2D eigenvalue weighted by Gasteiger charge is -2.20. The van der Waals surface area contributed by atoms with Gasteiger partial charge < -0.3 is 9.88 Å². The molecule has 1 amide bonds. The second-order valence-corrected chi connectivity index (χ2v) is 6.52. The van der Waals surface area contributed by atoms with Crippen molar-refractivity contribution in [1.29, 1.82) is 0 Å². The summed E-state index contributed by atoms with van der Waals surface area (Å²) in [5.74, 6) is 0.557. The zero-order valence-electron chi connectivity index (χ0n) is 13.7. The Balaban J connectivity index is 1.54. The Kier molecular flexibility index (Phi) is 5.54. The van der Waals surface area contributed by atoms with E-state index in [2.05, 4.69) is 22.1 Å². The highest BCUT2D eigenvalue weighted by Crippen LogP contribution is 2.19. The molecule has 24 heavy (non-hydrogen) atoms. The number of carbonyl (C=O) groups excluding carboxylic acids is 1. The Bertz CT molecular complexity index is 767. The Morgan fingerprint density at radius 3 is 2.62 bits per heavy atom. The van der Waals surface area contributed by atoms with Crippen molar-refractivity contribution in [1.82, 2.24) is 14.9 Å². The van der Waals surface area contributed by atoms with Crippen molar-refractivity contribution in [2.24, 2.45) is 0 Å². The number of H-pyrrole nitrogens is 1. The number of nitrogens with one attached hydrogen (secondary N) is 1. The second kappa shape index (κ2) is 8.02. The van der Waals surface area contributed by atoms with Crippen molar-refractivity contribution in [3.63, 3.8) is 0 Å². The SMILES string of the molecule is CCN(CCc1ccccc1)C(=O)CSc1nc2ccccc2[nH]1. The zero-order chi connectivity index (χ0) is 16.8. The molecule has 2 aromatic carbocycles. The van der Waals surface area contributed by atoms with Gasteiger partial charge >= 0.3 is 0 Å². The van der Waals surface area contributed by atoms with Crippen LogP contribution in [0.25, 0.3) is 11.0 Å². The van der Waals surface area contributed by atoms with Crippen LogP contribution < -0.4 is 0 Å². The van der Waals surface area contributed by atoms with Gasteiger partial charge in [0.2, 0.25) is 5.91 Å². The summed E-state index contributed by atoms with van der Waals surface area (Å²) in [4.78, 5) is 22.1. The first kappa shape index (κ1) is 16.6. The molecule has 1 heterocycles. The minimum atomic E-state index is 0.152. The number of amides is 1. The Morgan fingerprint density at radius 1 is 1.12 bits per heavy atom. The highest BCUT2D eigenvalue weighted by atomic mass is 32.2. The van der Waals surface area contributed by atoms with Gasteiger partial charge in [-0.1, -0.05) is 54.2 Å². The Morgan fingerprint density at radius 2 is 1.88 bits per heavy atom. The van der Waals surface area contributed by atoms with Crippen molar-refractivity contribution in [3.05, 3.63) is 60.2 Å². The monoisotopic (exact) mass is 339 g/mol. The number of likely N-dealkylation sites (N-methyl/N-ethyl adjacent to an activating group) is 1. The molecular formula is C19H21N3OS. The molecule has 5 heteroatoms. The van der Waals surface area contributed by atoms with E-state index in [1.165, 1.54) is 17.3 Å². The summed E-state index contributed by atoms with van der Waals surface area (Å²) in [7, 11) is 0. The minimum Gasteiger partial charge on any atom is -0.342 e. The van der Waals surface area contributed by atoms with Crippen molar-refractivity contribution in [3.8, 4) is 0 Å². The van der Waals surface area contributed by atoms with E-state index in [0.29, 0.717) is 5.75 Å². The molecule has 1 aromatic heterocycles. The fraction of sp³-hybridized carbons (Fsp3) is 0.263. The standard InChI is InChI=1S/C19H21N3OS/c1-2-22(13-12-15-8-4-3-5-9-15)18(23)14-24-19-20-16-10-6-7-11-17(16)21-19/h3-11H,2,12-14H2,1H3,(H,20,21). The summed E-state index contributed by atoms with van der Waals surface area (Å²) in [5, 5.41) is 0.795. The molecule has 0 bridgehead atoms. The number of aromatic amines is 1. The fourth-order valence-electron chi connectivity index (χ4n) is 2.59. The number of imidazole rings is 1. The van der Waals surface area contributed by atoms with Gasteiger partial charge in [0.25, 0.3) is 0 Å². The molecule has 0 aliphatic heterocycles. The number of nitrogens with zero attached hydrogens (tertiary/aromatic N) is 2. The number of carbonyl (C=O) groups is 1. The molecule has 0 aliphatic rings. The van der Waals surface area contributed by atoms with Crippen LogP contribution in [0.15, 0.2) is 59.8 Å². The first-order valence-corrected chi connectivity index (χ1v) is 9.14. The van der Waals surface area contributed by atoms with E-state index in [1.807, 2.05) is 54.3 Å². The van der Waals surface area contributed by atoms with E-state index >= 15 is 0 Å². The minimum absolute atomic E-state index is 0.152. The van der Waals surface area contributed by atoms with Crippen molar-refractivity contribution in [2.75, 3.05) is 18.8 Å². The van der Waals surface area contributed by atoms with Gasteiger partial charge in [-0.15, -0.1) is 0 Å². The Hall–Kier alpha value is -2.27. The number of rotatable bonds is 7. The predicted octanol–water partition coefficient (Wildman–Crippen LogP) is 3.75. The molecule has 0 atom stereocenters. The summed E-state index contributed by atoms with van der Waals surface area (Å²) < 4.78 is 0. The highest BCUT2D eigenvalue weighted by Gasteiger charge is 2.13. The predicted molar refractivity (Wildman–Crippen MR) is 99.2 cm³/mol. The van der Waals surface area contributed by atoms with Crippen molar-refractivity contribution < 1.29 is 4.79 Å². The van der Waals surface area contributed by atoms with Crippen LogP contribution in [0.5, 0.6) is 0 Å². The number of benzene rings is 2. The van der Waals surface area contributed by atoms with Crippen LogP contribution in [0.2, 0.25) is 0 Å². The molecule has 0 saturated carbocycles. The largest absolute Gasteiger partial charge is 0.342 e. The Labute approximate surface area is 146 Å². The van der Waals surface area contributed by atoms with Crippen molar-refractivity contribution in [2.45, 2.75) is 18.5 Å². The lowest BCUT2D eigenvalue weighted by molar-refractivity contribution is -0.128. The highest BCUT2D eigenvalue weighted by molar-refractivity contribution is 7.99. The van der Waals surface area contributed by atoms with Gasteiger partial charge in [-0.05, 0) is 31.0 Å². The summed E-state index contributed by atoms with van der Waals surface area (Å²) in [6.45, 7) is 3.50. The molecule has 3 rings (SSSR count). The first-order chi connectivity index (χ1) is 11.8. The number of aromatic nitrogens is 2. The summed E-state index contributed by atoms with van der Waals surface area (Å²) in [5.41, 5.74) is 3.20. The van der Waals surface area contributed by atoms with Gasteiger partial charge in [0.05, 0.1) is 16.8 Å². The van der Waals surface area contributed by atoms with E-state index in [1.54, 1.807) is 0 Å². The maximum absolute atomic E-state index is 12.4. The van der Waals surface area contributed by atoms with Gasteiger partial charge in [-0.2, -0.15) is 0 Å². The number of hydrogen-bond acceptors (Lipinski definition) is 3. The lowest BCUT2D eigenvalue weighted by atomic mass is 10.1. The molecule has 3 aromatic rings. The van der Waals surface area contributed by atoms with E-state index in [-0.39, 0.29) is 5.91 Å². The summed E-state index contributed by atoms with van der Waals surface area (Å²) >= 11 is 1.46. The number of para-hydroxylation sites is 2. The van der Waals surface area contributed by atoms with Crippen LogP contribution in [0.3, 0.4) is 0 Å². The first-order valence-electron chi connectivity index (χ1n) is 8.15. The summed E-state index contributed by atoms with van der Waals surface area (Å²) in [6, 6.07) is 18.2. The average Bonchev–Trinajstić information content (AvgIpc) is 3.04. The molecule has 0 unspecified atom stereocenters. The molecule has 124 valence electrons. The molecule has 0 aliphatic carbocycles. The van der Waals surface area contributed by atoms with Gasteiger partial charge in [0.15, 0.2) is 5.16 Å². The molecule has 4 nitrogen and oxygen atoms in total. The van der Waals surface area contributed by atoms with Gasteiger partial charge in [0.1, 0.15) is 0 Å². The summed E-state index contributed by atoms with van der Waals surface area (Å²) in [6.07, 6.45) is 0.885. The van der Waals surface area contributed by atoms with E-state index in [9.17, 15) is 4.79 Å². The van der Waals surface area contributed by atoms with Gasteiger partial charge in [0, 0.05) is 13.1 Å². The van der Waals surface area contributed by atoms with E-state index in [0.717, 1.165) is 35.7 Å². The molecule has 0 spiro atoms. The van der Waals surface area contributed by atoms with E-state index in [4.69, 9.17) is 0 Å². The topological polar surface area (TPSA) is 49.0 Å². The fourth-order valence-corrected chi connectivity index (χ4v) is 3.37. The maximum Gasteiger partial charge on any atom is 0.233 e. The molecule has 0 radical (unpaired) electrons. The van der Waals surface area contributed by atoms with Crippen molar-refractivity contribution >= 4 is 28.7 Å². The van der Waals surface area contributed by atoms with Crippen LogP contribution >= 0.6 is 11.8 Å². The van der Waals surface area contributed by atoms with Crippen LogP contribution in [0.4, 0.5) is 0 Å². The molecule has 0 fully saturated rings. The van der Waals surface area contributed by atoms with Gasteiger partial charge in [-0.25, -0.2) is 4.98 Å². The number of fused-ring (bicyclic) bond motifs is 1. The molecular weight excluding hydrogens is 318 g/mol. The lowest BCUT2D eigenvalue weighted by Crippen LogP contribution is -2.34. The smallest absolute Gasteiger partial charge is 0.233 e. The van der Waals surface area contributed by atoms with Crippen LogP contribution in [-0.4, -0.2) is 39.6 Å². The number of hydrogen-bond donors (Lipinski definition) is 1. The normalized spacial score (nSPS) is 10.9. The number of thioether (sulfide) groups is 1. The van der Waals surface area contributed by atoms with Crippen LogP contribution in [0.1, 0.15) is 12.5 Å². The average molecular weight is 339 g/mol. The third-order valence-electron chi connectivity index (χ3n) is 3.95. The quantitative estimate of drug-likeness (QED) is 0.667. The zero-order valence-corrected chi connectivity index (χ0v) is 14.6. The second-order valence-electron chi connectivity index (χ2n) is 5.56. The third-order valence-corrected chi connectivity index (χ3v) is 4.81. The van der Waals surface area contributed by atoms with Crippen LogP contribution in [0, 0.1) is 0 Å². The molecule has 0 saturated heterocycles. The van der Waals surface area contributed by atoms with E-state index < -0.39 is 0 Å². The van der Waals surface area contributed by atoms with Gasteiger partial charge in [-0.3, -0.25) is 4.79 Å².